The van der Waals surface area contributed by atoms with Gasteiger partial charge in [-0.25, -0.2) is 0 Å². The summed E-state index contributed by atoms with van der Waals surface area (Å²) < 4.78 is 5.29. The molecule has 1 heterocycles. The van der Waals surface area contributed by atoms with Gasteiger partial charge in [0.15, 0.2) is 0 Å². The first-order valence-corrected chi connectivity index (χ1v) is 6.30. The zero-order valence-electron chi connectivity index (χ0n) is 11.0. The van der Waals surface area contributed by atoms with E-state index in [0.29, 0.717) is 0 Å². The van der Waals surface area contributed by atoms with Crippen molar-refractivity contribution in [3.05, 3.63) is 34.9 Å². The Morgan fingerprint density at radius 1 is 1.35 bits per heavy atom. The van der Waals surface area contributed by atoms with Crippen LogP contribution >= 0.6 is 0 Å². The van der Waals surface area contributed by atoms with Crippen LogP contribution in [0.2, 0.25) is 0 Å². The maximum absolute atomic E-state index is 9.62. The molecular weight excluding hydrogens is 212 g/mol. The number of hydrogen-bond acceptors (Lipinski definition) is 2. The van der Waals surface area contributed by atoms with Crippen molar-refractivity contribution in [1.82, 2.24) is 0 Å². The number of aryl methyl sites for hydroxylation is 2. The fourth-order valence-corrected chi connectivity index (χ4v) is 2.72. The monoisotopic (exact) mass is 234 g/mol. The van der Waals surface area contributed by atoms with Crippen LogP contribution in [0.25, 0.3) is 0 Å². The molecule has 2 nitrogen and oxygen atoms in total. The molecule has 1 aliphatic heterocycles. The average Bonchev–Trinajstić information content (AvgIpc) is 2.24. The van der Waals surface area contributed by atoms with E-state index in [4.69, 9.17) is 4.74 Å². The Morgan fingerprint density at radius 3 is 2.53 bits per heavy atom. The van der Waals surface area contributed by atoms with Crippen LogP contribution < -0.4 is 0 Å². The second-order valence-electron chi connectivity index (χ2n) is 5.75. The summed E-state index contributed by atoms with van der Waals surface area (Å²) in [5.41, 5.74) is 4.10. The molecule has 1 aromatic rings. The number of benzene rings is 1. The molecule has 2 heteroatoms. The largest absolute Gasteiger partial charge is 0.396 e. The van der Waals surface area contributed by atoms with Crippen LogP contribution in [0.15, 0.2) is 18.2 Å². The summed E-state index contributed by atoms with van der Waals surface area (Å²) in [5, 5.41) is 9.62. The third-order valence-electron chi connectivity index (χ3n) is 3.73. The van der Waals surface area contributed by atoms with Crippen LogP contribution in [0, 0.1) is 19.3 Å². The Labute approximate surface area is 104 Å². The number of aliphatic hydroxyl groups excluding tert-OH is 1. The predicted molar refractivity (Wildman–Crippen MR) is 69.3 cm³/mol. The van der Waals surface area contributed by atoms with Crippen molar-refractivity contribution in [3.63, 3.8) is 0 Å². The van der Waals surface area contributed by atoms with Crippen molar-refractivity contribution in [1.29, 1.82) is 0 Å². The minimum Gasteiger partial charge on any atom is -0.396 e. The molecule has 0 bridgehead atoms. The summed E-state index contributed by atoms with van der Waals surface area (Å²) in [7, 11) is 0. The lowest BCUT2D eigenvalue weighted by Crippen LogP contribution is -2.41. The Morgan fingerprint density at radius 2 is 2.06 bits per heavy atom. The van der Waals surface area contributed by atoms with Gasteiger partial charge >= 0.3 is 0 Å². The molecule has 1 aromatic carbocycles. The minimum atomic E-state index is 0.222. The van der Waals surface area contributed by atoms with Crippen molar-refractivity contribution < 1.29 is 9.84 Å². The van der Waals surface area contributed by atoms with Gasteiger partial charge in [0.25, 0.3) is 0 Å². The molecular formula is C15H22O2. The van der Waals surface area contributed by atoms with Gasteiger partial charge in [0.2, 0.25) is 0 Å². The molecule has 0 saturated carbocycles. The minimum absolute atomic E-state index is 0.222. The molecule has 1 fully saturated rings. The fraction of sp³-hybridized carbons (Fsp3) is 0.600. The van der Waals surface area contributed by atoms with E-state index >= 15 is 0 Å². The van der Waals surface area contributed by atoms with E-state index in [1.807, 2.05) is 0 Å². The summed E-state index contributed by atoms with van der Waals surface area (Å²) >= 11 is 0. The normalized spacial score (nSPS) is 19.8. The van der Waals surface area contributed by atoms with Crippen LogP contribution in [0.5, 0.6) is 0 Å². The second kappa shape index (κ2) is 4.79. The van der Waals surface area contributed by atoms with Gasteiger partial charge in [-0.2, -0.15) is 0 Å². The smallest absolute Gasteiger partial charge is 0.0542 e. The number of aliphatic hydroxyl groups is 1. The summed E-state index contributed by atoms with van der Waals surface area (Å²) in [6.07, 6.45) is 1.01. The molecule has 1 aliphatic rings. The summed E-state index contributed by atoms with van der Waals surface area (Å²) in [6.45, 7) is 8.35. The van der Waals surface area contributed by atoms with E-state index < -0.39 is 0 Å². The molecule has 1 unspecified atom stereocenters. The van der Waals surface area contributed by atoms with E-state index in [1.165, 1.54) is 16.7 Å². The van der Waals surface area contributed by atoms with Crippen molar-refractivity contribution in [3.8, 4) is 0 Å². The molecule has 1 atom stereocenters. The third kappa shape index (κ3) is 2.70. The van der Waals surface area contributed by atoms with E-state index in [0.717, 1.165) is 19.6 Å². The Balaban J connectivity index is 2.16. The first-order valence-electron chi connectivity index (χ1n) is 6.30. The molecule has 0 aromatic heterocycles. The average molecular weight is 234 g/mol. The fourth-order valence-electron chi connectivity index (χ4n) is 2.72. The van der Waals surface area contributed by atoms with E-state index in [9.17, 15) is 5.11 Å². The topological polar surface area (TPSA) is 29.5 Å². The van der Waals surface area contributed by atoms with Crippen LogP contribution in [0.3, 0.4) is 0 Å². The van der Waals surface area contributed by atoms with Crippen LogP contribution in [0.1, 0.15) is 36.0 Å². The van der Waals surface area contributed by atoms with Gasteiger partial charge < -0.3 is 9.84 Å². The van der Waals surface area contributed by atoms with Crippen LogP contribution in [0.4, 0.5) is 0 Å². The van der Waals surface area contributed by atoms with E-state index in [2.05, 4.69) is 39.0 Å². The zero-order chi connectivity index (χ0) is 12.5. The van der Waals surface area contributed by atoms with Gasteiger partial charge in [-0.05, 0) is 31.4 Å². The Hall–Kier alpha value is -0.860. The molecule has 1 N–H and O–H groups in total. The maximum Gasteiger partial charge on any atom is 0.0542 e. The standard InChI is InChI=1S/C15H22O2/c1-11-4-5-14(12(2)6-11)13(8-16)7-15(3)9-17-10-15/h4-6,13,16H,7-10H2,1-3H3. The highest BCUT2D eigenvalue weighted by Crippen LogP contribution is 2.38. The summed E-state index contributed by atoms with van der Waals surface area (Å²) in [5.74, 6) is 0.240. The predicted octanol–water partition coefficient (Wildman–Crippen LogP) is 2.81. The van der Waals surface area contributed by atoms with Gasteiger partial charge in [0, 0.05) is 17.9 Å². The van der Waals surface area contributed by atoms with Crippen molar-refractivity contribution in [2.24, 2.45) is 5.41 Å². The van der Waals surface area contributed by atoms with Gasteiger partial charge in [-0.3, -0.25) is 0 Å². The van der Waals surface area contributed by atoms with Gasteiger partial charge in [-0.15, -0.1) is 0 Å². The van der Waals surface area contributed by atoms with Crippen molar-refractivity contribution in [2.45, 2.75) is 33.1 Å². The second-order valence-corrected chi connectivity index (χ2v) is 5.75. The number of rotatable bonds is 4. The van der Waals surface area contributed by atoms with Crippen molar-refractivity contribution >= 4 is 0 Å². The lowest BCUT2D eigenvalue weighted by molar-refractivity contribution is -0.110. The first-order chi connectivity index (χ1) is 8.04. The molecule has 94 valence electrons. The van der Waals surface area contributed by atoms with Crippen LogP contribution in [-0.2, 0) is 4.74 Å². The Bertz CT molecular complexity index is 394. The quantitative estimate of drug-likeness (QED) is 0.868. The highest BCUT2D eigenvalue weighted by atomic mass is 16.5. The van der Waals surface area contributed by atoms with Gasteiger partial charge in [-0.1, -0.05) is 30.7 Å². The molecule has 2 rings (SSSR count). The molecule has 0 spiro atoms. The summed E-state index contributed by atoms with van der Waals surface area (Å²) in [6, 6.07) is 6.48. The number of hydrogen-bond donors (Lipinski definition) is 1. The lowest BCUT2D eigenvalue weighted by atomic mass is 9.76. The highest BCUT2D eigenvalue weighted by molar-refractivity contribution is 5.33. The summed E-state index contributed by atoms with van der Waals surface area (Å²) in [4.78, 5) is 0. The highest BCUT2D eigenvalue weighted by Gasteiger charge is 2.36. The van der Waals surface area contributed by atoms with Gasteiger partial charge in [0.1, 0.15) is 0 Å². The molecule has 17 heavy (non-hydrogen) atoms. The zero-order valence-corrected chi connectivity index (χ0v) is 11.0. The van der Waals surface area contributed by atoms with E-state index in [1.54, 1.807) is 0 Å². The Kier molecular flexibility index (Phi) is 3.55. The first kappa shape index (κ1) is 12.6. The van der Waals surface area contributed by atoms with Crippen LogP contribution in [-0.4, -0.2) is 24.9 Å². The van der Waals surface area contributed by atoms with Gasteiger partial charge in [0.05, 0.1) is 13.2 Å². The van der Waals surface area contributed by atoms with E-state index in [-0.39, 0.29) is 17.9 Å². The SMILES string of the molecule is Cc1ccc(C(CO)CC2(C)COC2)c(C)c1. The molecule has 0 amide bonds. The maximum atomic E-state index is 9.62. The molecule has 0 aliphatic carbocycles. The number of ether oxygens (including phenoxy) is 1. The molecule has 0 radical (unpaired) electrons. The molecule has 1 saturated heterocycles. The van der Waals surface area contributed by atoms with Crippen molar-refractivity contribution in [2.75, 3.05) is 19.8 Å². The third-order valence-corrected chi connectivity index (χ3v) is 3.73. The lowest BCUT2D eigenvalue weighted by Gasteiger charge is -2.40.